The SMILES string of the molecule is CC(C)(C)OC(=O)N1CCC(OS(=O)O)C1. The van der Waals surface area contributed by atoms with E-state index in [1.54, 1.807) is 20.8 Å². The van der Waals surface area contributed by atoms with Crippen LogP contribution < -0.4 is 0 Å². The summed E-state index contributed by atoms with van der Waals surface area (Å²) in [4.78, 5) is 13.1. The molecule has 16 heavy (non-hydrogen) atoms. The van der Waals surface area contributed by atoms with Gasteiger partial charge in [0.05, 0.1) is 12.6 Å². The maximum atomic E-state index is 11.6. The highest BCUT2D eigenvalue weighted by molar-refractivity contribution is 7.74. The predicted octanol–water partition coefficient (Wildman–Crippen LogP) is 1.15. The van der Waals surface area contributed by atoms with Gasteiger partial charge in [-0.15, -0.1) is 0 Å². The fourth-order valence-electron chi connectivity index (χ4n) is 1.42. The van der Waals surface area contributed by atoms with Crippen LogP contribution in [0.1, 0.15) is 27.2 Å². The smallest absolute Gasteiger partial charge is 0.410 e. The summed E-state index contributed by atoms with van der Waals surface area (Å²) >= 11 is -2.28. The summed E-state index contributed by atoms with van der Waals surface area (Å²) < 4.78 is 28.8. The van der Waals surface area contributed by atoms with E-state index in [0.29, 0.717) is 19.5 Å². The Labute approximate surface area is 97.4 Å². The van der Waals surface area contributed by atoms with Gasteiger partial charge in [-0.25, -0.2) is 4.79 Å². The third-order valence-corrected chi connectivity index (χ3v) is 2.45. The molecule has 1 aliphatic heterocycles. The Morgan fingerprint density at radius 3 is 2.62 bits per heavy atom. The van der Waals surface area contributed by atoms with Crippen molar-refractivity contribution in [2.45, 2.75) is 38.9 Å². The Bertz CT molecular complexity index is 288. The molecule has 1 rings (SSSR count). The molecule has 0 aromatic heterocycles. The lowest BCUT2D eigenvalue weighted by Crippen LogP contribution is -2.36. The molecule has 6 nitrogen and oxygen atoms in total. The Morgan fingerprint density at radius 1 is 1.50 bits per heavy atom. The first-order valence-electron chi connectivity index (χ1n) is 5.04. The average molecular weight is 251 g/mol. The third kappa shape index (κ3) is 4.46. The van der Waals surface area contributed by atoms with E-state index in [4.69, 9.17) is 13.5 Å². The number of nitrogens with zero attached hydrogens (tertiary/aromatic N) is 1. The molecule has 1 aliphatic rings. The molecule has 0 bridgehead atoms. The summed E-state index contributed by atoms with van der Waals surface area (Å²) in [6.45, 7) is 6.14. The molecule has 2 unspecified atom stereocenters. The minimum absolute atomic E-state index is 0.293. The minimum Gasteiger partial charge on any atom is -0.444 e. The number of carbonyl (C=O) groups is 1. The van der Waals surface area contributed by atoms with Gasteiger partial charge in [0.15, 0.2) is 0 Å². The first-order valence-corrected chi connectivity index (χ1v) is 6.07. The molecule has 0 spiro atoms. The van der Waals surface area contributed by atoms with Gasteiger partial charge in [-0.2, -0.15) is 4.21 Å². The van der Waals surface area contributed by atoms with Crippen molar-refractivity contribution in [2.75, 3.05) is 13.1 Å². The van der Waals surface area contributed by atoms with Crippen LogP contribution in [0.5, 0.6) is 0 Å². The van der Waals surface area contributed by atoms with Crippen LogP contribution in [0.4, 0.5) is 4.79 Å². The molecular weight excluding hydrogens is 234 g/mol. The molecule has 0 radical (unpaired) electrons. The Balaban J connectivity index is 2.41. The minimum atomic E-state index is -2.28. The lowest BCUT2D eigenvalue weighted by molar-refractivity contribution is 0.0276. The van der Waals surface area contributed by atoms with Crippen LogP contribution in [0.25, 0.3) is 0 Å². The summed E-state index contributed by atoms with van der Waals surface area (Å²) in [5.41, 5.74) is -0.532. The van der Waals surface area contributed by atoms with E-state index in [2.05, 4.69) is 0 Å². The number of amides is 1. The highest BCUT2D eigenvalue weighted by atomic mass is 32.2. The molecule has 7 heteroatoms. The monoisotopic (exact) mass is 251 g/mol. The lowest BCUT2D eigenvalue weighted by atomic mass is 10.2. The summed E-state index contributed by atoms with van der Waals surface area (Å²) in [5.74, 6) is 0. The molecule has 94 valence electrons. The quantitative estimate of drug-likeness (QED) is 0.745. The molecule has 1 saturated heterocycles. The second-order valence-electron chi connectivity index (χ2n) is 4.65. The van der Waals surface area contributed by atoms with Crippen molar-refractivity contribution in [3.05, 3.63) is 0 Å². The first kappa shape index (κ1) is 13.4. The van der Waals surface area contributed by atoms with Gasteiger partial charge in [-0.05, 0) is 27.2 Å². The largest absolute Gasteiger partial charge is 0.444 e. The van der Waals surface area contributed by atoms with Crippen molar-refractivity contribution in [3.8, 4) is 0 Å². The fraction of sp³-hybridized carbons (Fsp3) is 0.889. The average Bonchev–Trinajstić information content (AvgIpc) is 2.48. The predicted molar refractivity (Wildman–Crippen MR) is 58.1 cm³/mol. The Kier molecular flexibility index (Phi) is 4.28. The van der Waals surface area contributed by atoms with E-state index in [9.17, 15) is 9.00 Å². The van der Waals surface area contributed by atoms with Crippen LogP contribution in [-0.4, -0.2) is 44.5 Å². The molecule has 0 saturated carbocycles. The van der Waals surface area contributed by atoms with Crippen LogP contribution in [0.3, 0.4) is 0 Å². The molecule has 1 amide bonds. The van der Waals surface area contributed by atoms with Crippen molar-refractivity contribution in [3.63, 3.8) is 0 Å². The standard InChI is InChI=1S/C9H17NO5S/c1-9(2,3)14-8(11)10-5-4-7(6-10)15-16(12)13/h7H,4-6H2,1-3H3,(H,12,13). The maximum Gasteiger partial charge on any atom is 0.410 e. The number of carbonyl (C=O) groups excluding carboxylic acids is 1. The zero-order valence-electron chi connectivity index (χ0n) is 9.63. The van der Waals surface area contributed by atoms with Crippen LogP contribution in [0, 0.1) is 0 Å². The maximum absolute atomic E-state index is 11.6. The fourth-order valence-corrected chi connectivity index (χ4v) is 1.81. The number of hydrogen-bond acceptors (Lipinski definition) is 4. The van der Waals surface area contributed by atoms with Crippen LogP contribution >= 0.6 is 0 Å². The van der Waals surface area contributed by atoms with Crippen molar-refractivity contribution >= 4 is 17.5 Å². The number of rotatable bonds is 2. The number of hydrogen-bond donors (Lipinski definition) is 1. The zero-order chi connectivity index (χ0) is 12.3. The van der Waals surface area contributed by atoms with Crippen LogP contribution in [-0.2, 0) is 20.3 Å². The van der Waals surface area contributed by atoms with Crippen LogP contribution in [0.2, 0.25) is 0 Å². The number of ether oxygens (including phenoxy) is 1. The molecule has 0 aromatic rings. The first-order chi connectivity index (χ1) is 7.28. The Hall–Kier alpha value is -0.660. The van der Waals surface area contributed by atoms with Gasteiger partial charge in [-0.3, -0.25) is 8.74 Å². The van der Waals surface area contributed by atoms with E-state index in [1.807, 2.05) is 0 Å². The molecule has 1 heterocycles. The van der Waals surface area contributed by atoms with Crippen molar-refractivity contribution in [1.82, 2.24) is 4.90 Å². The highest BCUT2D eigenvalue weighted by Gasteiger charge is 2.31. The summed E-state index contributed by atoms with van der Waals surface area (Å²) in [7, 11) is 0. The lowest BCUT2D eigenvalue weighted by Gasteiger charge is -2.24. The molecule has 2 atom stereocenters. The van der Waals surface area contributed by atoms with E-state index >= 15 is 0 Å². The second kappa shape index (κ2) is 5.11. The zero-order valence-corrected chi connectivity index (χ0v) is 10.5. The normalized spacial score (nSPS) is 23.2. The third-order valence-electron chi connectivity index (χ3n) is 2.02. The van der Waals surface area contributed by atoms with Crippen molar-refractivity contribution in [2.24, 2.45) is 0 Å². The van der Waals surface area contributed by atoms with Gasteiger partial charge in [0, 0.05) is 6.54 Å². The topological polar surface area (TPSA) is 76.1 Å². The highest BCUT2D eigenvalue weighted by Crippen LogP contribution is 2.17. The molecular formula is C9H17NO5S. The summed E-state index contributed by atoms with van der Waals surface area (Å²) in [6, 6.07) is 0. The summed E-state index contributed by atoms with van der Waals surface area (Å²) in [6.07, 6.45) is -0.258. The van der Waals surface area contributed by atoms with E-state index in [-0.39, 0.29) is 0 Å². The van der Waals surface area contributed by atoms with E-state index in [1.165, 1.54) is 4.90 Å². The summed E-state index contributed by atoms with van der Waals surface area (Å²) in [5, 5.41) is 0. The van der Waals surface area contributed by atoms with E-state index < -0.39 is 29.2 Å². The van der Waals surface area contributed by atoms with Crippen LogP contribution in [0.15, 0.2) is 0 Å². The number of likely N-dealkylation sites (tertiary alicyclic amines) is 1. The second-order valence-corrected chi connectivity index (χ2v) is 5.28. The molecule has 0 aromatic carbocycles. The van der Waals surface area contributed by atoms with Gasteiger partial charge in [-0.1, -0.05) is 0 Å². The molecule has 1 N–H and O–H groups in total. The van der Waals surface area contributed by atoms with Crippen molar-refractivity contribution in [1.29, 1.82) is 0 Å². The van der Waals surface area contributed by atoms with Gasteiger partial charge in [0.25, 0.3) is 0 Å². The molecule has 1 fully saturated rings. The van der Waals surface area contributed by atoms with E-state index in [0.717, 1.165) is 0 Å². The van der Waals surface area contributed by atoms with Gasteiger partial charge in [0.1, 0.15) is 5.60 Å². The van der Waals surface area contributed by atoms with Gasteiger partial charge < -0.3 is 9.64 Å². The molecule has 0 aliphatic carbocycles. The van der Waals surface area contributed by atoms with Gasteiger partial charge >= 0.3 is 17.5 Å². The van der Waals surface area contributed by atoms with Crippen molar-refractivity contribution < 1.29 is 22.5 Å². The van der Waals surface area contributed by atoms with Gasteiger partial charge in [0.2, 0.25) is 0 Å². The Morgan fingerprint density at radius 2 is 2.12 bits per heavy atom.